The standard InChI is InChI=1S/C16H20N2O/c1-18-14-6-7-15(18)10-16(19,9-14)8-12-4-2-3-5-13(12)11-17/h2-5,14-15,19H,6-10H2,1H3. The number of fused-ring (bicyclic) bond motifs is 2. The summed E-state index contributed by atoms with van der Waals surface area (Å²) in [5.74, 6) is 0. The Bertz CT molecular complexity index is 506. The first-order chi connectivity index (χ1) is 9.11. The third-order valence-corrected chi connectivity index (χ3v) is 4.87. The van der Waals surface area contributed by atoms with Crippen molar-refractivity contribution in [1.82, 2.24) is 4.90 Å². The highest BCUT2D eigenvalue weighted by atomic mass is 16.3. The average molecular weight is 256 g/mol. The maximum absolute atomic E-state index is 10.9. The summed E-state index contributed by atoms with van der Waals surface area (Å²) in [6.45, 7) is 0. The van der Waals surface area contributed by atoms with Gasteiger partial charge in [-0.05, 0) is 44.4 Å². The van der Waals surface area contributed by atoms with Gasteiger partial charge in [-0.2, -0.15) is 5.26 Å². The van der Waals surface area contributed by atoms with E-state index in [4.69, 9.17) is 5.26 Å². The van der Waals surface area contributed by atoms with Crippen LogP contribution in [0.5, 0.6) is 0 Å². The van der Waals surface area contributed by atoms with Crippen LogP contribution in [0, 0.1) is 11.3 Å². The molecule has 2 aliphatic rings. The van der Waals surface area contributed by atoms with Gasteiger partial charge in [-0.25, -0.2) is 0 Å². The molecular weight excluding hydrogens is 236 g/mol. The molecule has 0 aromatic heterocycles. The molecule has 0 radical (unpaired) electrons. The molecule has 2 saturated heterocycles. The van der Waals surface area contributed by atoms with Crippen LogP contribution in [-0.4, -0.2) is 34.7 Å². The van der Waals surface area contributed by atoms with Gasteiger partial charge in [-0.15, -0.1) is 0 Å². The van der Waals surface area contributed by atoms with Gasteiger partial charge in [0.2, 0.25) is 0 Å². The number of rotatable bonds is 2. The summed E-state index contributed by atoms with van der Waals surface area (Å²) in [5.41, 5.74) is 1.05. The number of piperidine rings is 1. The number of hydrogen-bond donors (Lipinski definition) is 1. The van der Waals surface area contributed by atoms with Crippen molar-refractivity contribution in [3.8, 4) is 6.07 Å². The molecule has 0 spiro atoms. The van der Waals surface area contributed by atoms with E-state index in [2.05, 4.69) is 18.0 Å². The molecule has 19 heavy (non-hydrogen) atoms. The van der Waals surface area contributed by atoms with E-state index in [-0.39, 0.29) is 0 Å². The van der Waals surface area contributed by atoms with Crippen molar-refractivity contribution in [2.24, 2.45) is 0 Å². The second-order valence-electron chi connectivity index (χ2n) is 6.13. The van der Waals surface area contributed by atoms with E-state index in [0.29, 0.717) is 24.1 Å². The van der Waals surface area contributed by atoms with Crippen molar-refractivity contribution >= 4 is 0 Å². The van der Waals surface area contributed by atoms with E-state index in [9.17, 15) is 5.11 Å². The summed E-state index contributed by atoms with van der Waals surface area (Å²) in [4.78, 5) is 2.42. The summed E-state index contributed by atoms with van der Waals surface area (Å²) >= 11 is 0. The molecule has 2 bridgehead atoms. The van der Waals surface area contributed by atoms with Gasteiger partial charge in [0.25, 0.3) is 0 Å². The van der Waals surface area contributed by atoms with Crippen LogP contribution in [0.3, 0.4) is 0 Å². The third kappa shape index (κ3) is 2.27. The first-order valence-electron chi connectivity index (χ1n) is 7.04. The Morgan fingerprint density at radius 1 is 1.32 bits per heavy atom. The quantitative estimate of drug-likeness (QED) is 0.881. The van der Waals surface area contributed by atoms with Gasteiger partial charge in [0.05, 0.1) is 17.2 Å². The summed E-state index contributed by atoms with van der Waals surface area (Å²) in [6, 6.07) is 10.9. The van der Waals surface area contributed by atoms with Crippen molar-refractivity contribution in [2.45, 2.75) is 49.8 Å². The predicted octanol–water partition coefficient (Wildman–Crippen LogP) is 2.09. The van der Waals surface area contributed by atoms with Crippen LogP contribution >= 0.6 is 0 Å². The summed E-state index contributed by atoms with van der Waals surface area (Å²) < 4.78 is 0. The maximum Gasteiger partial charge on any atom is 0.0994 e. The monoisotopic (exact) mass is 256 g/mol. The van der Waals surface area contributed by atoms with Crippen LogP contribution in [0.1, 0.15) is 36.8 Å². The number of aliphatic hydroxyl groups is 1. The van der Waals surface area contributed by atoms with E-state index in [1.165, 1.54) is 12.8 Å². The van der Waals surface area contributed by atoms with Crippen LogP contribution in [0.25, 0.3) is 0 Å². The zero-order valence-electron chi connectivity index (χ0n) is 11.3. The van der Waals surface area contributed by atoms with Gasteiger partial charge < -0.3 is 10.0 Å². The lowest BCUT2D eigenvalue weighted by Gasteiger charge is -2.42. The minimum Gasteiger partial charge on any atom is -0.389 e. The van der Waals surface area contributed by atoms with E-state index in [1.807, 2.05) is 24.3 Å². The smallest absolute Gasteiger partial charge is 0.0994 e. The zero-order chi connectivity index (χ0) is 13.5. The minimum absolute atomic E-state index is 0.512. The second-order valence-corrected chi connectivity index (χ2v) is 6.13. The molecular formula is C16H20N2O. The summed E-state index contributed by atoms with van der Waals surface area (Å²) in [5, 5.41) is 20.1. The van der Waals surface area contributed by atoms with Crippen LogP contribution in [0.2, 0.25) is 0 Å². The largest absolute Gasteiger partial charge is 0.389 e. The van der Waals surface area contributed by atoms with Crippen LogP contribution in [0.15, 0.2) is 24.3 Å². The molecule has 2 fully saturated rings. The Kier molecular flexibility index (Phi) is 3.08. The first kappa shape index (κ1) is 12.7. The highest BCUT2D eigenvalue weighted by molar-refractivity contribution is 5.38. The Labute approximate surface area is 114 Å². The summed E-state index contributed by atoms with van der Waals surface area (Å²) in [7, 11) is 2.17. The van der Waals surface area contributed by atoms with Crippen molar-refractivity contribution in [2.75, 3.05) is 7.05 Å². The minimum atomic E-state index is -0.634. The molecule has 3 nitrogen and oxygen atoms in total. The van der Waals surface area contributed by atoms with Gasteiger partial charge in [0.1, 0.15) is 0 Å². The van der Waals surface area contributed by atoms with Crippen LogP contribution in [-0.2, 0) is 6.42 Å². The number of nitriles is 1. The van der Waals surface area contributed by atoms with Crippen LogP contribution in [0.4, 0.5) is 0 Å². The molecule has 0 amide bonds. The SMILES string of the molecule is CN1C2CCC1CC(O)(Cc1ccccc1C#N)C2. The van der Waals surface area contributed by atoms with E-state index in [0.717, 1.165) is 18.4 Å². The van der Waals surface area contributed by atoms with Crippen molar-refractivity contribution in [3.05, 3.63) is 35.4 Å². The molecule has 2 atom stereocenters. The predicted molar refractivity (Wildman–Crippen MR) is 73.6 cm³/mol. The second kappa shape index (κ2) is 4.63. The molecule has 2 aliphatic heterocycles. The molecule has 1 N–H and O–H groups in total. The fourth-order valence-corrected chi connectivity index (χ4v) is 3.83. The topological polar surface area (TPSA) is 47.3 Å². The Hall–Kier alpha value is -1.37. The molecule has 3 rings (SSSR count). The highest BCUT2D eigenvalue weighted by Crippen LogP contribution is 2.41. The Balaban J connectivity index is 1.82. The van der Waals surface area contributed by atoms with Gasteiger partial charge >= 0.3 is 0 Å². The fourth-order valence-electron chi connectivity index (χ4n) is 3.83. The van der Waals surface area contributed by atoms with Crippen molar-refractivity contribution < 1.29 is 5.11 Å². The van der Waals surface area contributed by atoms with Crippen molar-refractivity contribution in [3.63, 3.8) is 0 Å². The Morgan fingerprint density at radius 2 is 1.95 bits per heavy atom. The molecule has 0 aliphatic carbocycles. The highest BCUT2D eigenvalue weighted by Gasteiger charge is 2.45. The lowest BCUT2D eigenvalue weighted by atomic mass is 9.81. The van der Waals surface area contributed by atoms with Gasteiger partial charge in [0, 0.05) is 18.5 Å². The fraction of sp³-hybridized carbons (Fsp3) is 0.562. The Morgan fingerprint density at radius 3 is 2.58 bits per heavy atom. The number of hydrogen-bond acceptors (Lipinski definition) is 3. The lowest BCUT2D eigenvalue weighted by molar-refractivity contribution is -0.0437. The van der Waals surface area contributed by atoms with Gasteiger partial charge in [-0.3, -0.25) is 0 Å². The average Bonchev–Trinajstić information content (AvgIpc) is 2.63. The van der Waals surface area contributed by atoms with Gasteiger partial charge in [0.15, 0.2) is 0 Å². The first-order valence-corrected chi connectivity index (χ1v) is 7.04. The summed E-state index contributed by atoms with van der Waals surface area (Å²) in [6.07, 6.45) is 4.67. The number of nitrogens with zero attached hydrogens (tertiary/aromatic N) is 2. The third-order valence-electron chi connectivity index (χ3n) is 4.87. The van der Waals surface area contributed by atoms with E-state index in [1.54, 1.807) is 0 Å². The maximum atomic E-state index is 10.9. The molecule has 2 unspecified atom stereocenters. The number of benzene rings is 1. The normalized spacial score (nSPS) is 34.2. The van der Waals surface area contributed by atoms with Crippen molar-refractivity contribution in [1.29, 1.82) is 5.26 Å². The molecule has 1 aromatic carbocycles. The molecule has 1 aromatic rings. The lowest BCUT2D eigenvalue weighted by Crippen LogP contribution is -2.50. The molecule has 100 valence electrons. The van der Waals surface area contributed by atoms with Gasteiger partial charge in [-0.1, -0.05) is 18.2 Å². The van der Waals surface area contributed by atoms with E-state index >= 15 is 0 Å². The molecule has 0 saturated carbocycles. The zero-order valence-corrected chi connectivity index (χ0v) is 11.3. The molecule has 2 heterocycles. The van der Waals surface area contributed by atoms with Crippen LogP contribution < -0.4 is 0 Å². The molecule has 3 heteroatoms. The van der Waals surface area contributed by atoms with E-state index < -0.39 is 5.60 Å².